The fourth-order valence-corrected chi connectivity index (χ4v) is 2.87. The lowest BCUT2D eigenvalue weighted by Crippen LogP contribution is -2.49. The zero-order chi connectivity index (χ0) is 20.8. The van der Waals surface area contributed by atoms with E-state index in [1.54, 1.807) is 41.6 Å². The highest BCUT2D eigenvalue weighted by molar-refractivity contribution is 5.97. The van der Waals surface area contributed by atoms with Crippen molar-refractivity contribution < 1.29 is 9.59 Å². The standard InChI is InChI=1S/C22H25N5O2/c1-15(2)20(26-21(28)18-6-4-16(3)5-7-18)22(29)25-13-17-8-9-24-19(12-17)27-11-10-23-14-27/h4-12,14-15,20H,13H2,1-3H3,(H,25,29)(H,26,28)/t20-/m1/s1. The normalized spacial score (nSPS) is 11.9. The van der Waals surface area contributed by atoms with E-state index in [0.717, 1.165) is 16.9 Å². The molecule has 2 heterocycles. The lowest BCUT2D eigenvalue weighted by molar-refractivity contribution is -0.124. The van der Waals surface area contributed by atoms with Gasteiger partial charge in [0, 0.05) is 30.7 Å². The van der Waals surface area contributed by atoms with Gasteiger partial charge in [0.2, 0.25) is 5.91 Å². The average molecular weight is 391 g/mol. The summed E-state index contributed by atoms with van der Waals surface area (Å²) in [4.78, 5) is 33.6. The van der Waals surface area contributed by atoms with Crippen molar-refractivity contribution >= 4 is 11.8 Å². The van der Waals surface area contributed by atoms with Gasteiger partial charge in [0.15, 0.2) is 0 Å². The van der Waals surface area contributed by atoms with Crippen LogP contribution in [0.4, 0.5) is 0 Å². The van der Waals surface area contributed by atoms with Gasteiger partial charge in [0.1, 0.15) is 18.2 Å². The molecule has 0 radical (unpaired) electrons. The molecule has 0 saturated carbocycles. The number of aryl methyl sites for hydroxylation is 1. The van der Waals surface area contributed by atoms with E-state index in [1.807, 2.05) is 45.0 Å². The molecule has 0 saturated heterocycles. The second-order valence-corrected chi connectivity index (χ2v) is 7.27. The average Bonchev–Trinajstić information content (AvgIpc) is 3.25. The summed E-state index contributed by atoms with van der Waals surface area (Å²) in [6.07, 6.45) is 6.84. The molecule has 2 amide bonds. The Bertz CT molecular complexity index is 965. The summed E-state index contributed by atoms with van der Waals surface area (Å²) in [6, 6.07) is 10.4. The molecule has 3 aromatic rings. The molecule has 29 heavy (non-hydrogen) atoms. The van der Waals surface area contributed by atoms with Gasteiger partial charge in [-0.3, -0.25) is 14.2 Å². The van der Waals surface area contributed by atoms with Gasteiger partial charge < -0.3 is 10.6 Å². The summed E-state index contributed by atoms with van der Waals surface area (Å²) < 4.78 is 1.80. The van der Waals surface area contributed by atoms with Crippen molar-refractivity contribution in [2.75, 3.05) is 0 Å². The first-order chi connectivity index (χ1) is 13.9. The number of benzene rings is 1. The molecule has 3 rings (SSSR count). The molecular formula is C22H25N5O2. The van der Waals surface area contributed by atoms with E-state index in [-0.39, 0.29) is 17.7 Å². The van der Waals surface area contributed by atoms with Gasteiger partial charge in [-0.2, -0.15) is 0 Å². The number of hydrogen-bond donors (Lipinski definition) is 2. The van der Waals surface area contributed by atoms with Crippen LogP contribution < -0.4 is 10.6 Å². The topological polar surface area (TPSA) is 88.9 Å². The van der Waals surface area contributed by atoms with Crippen LogP contribution in [-0.4, -0.2) is 32.4 Å². The van der Waals surface area contributed by atoms with Crippen LogP contribution >= 0.6 is 0 Å². The molecule has 7 heteroatoms. The van der Waals surface area contributed by atoms with Gasteiger partial charge in [-0.25, -0.2) is 9.97 Å². The lowest BCUT2D eigenvalue weighted by atomic mass is 10.0. The number of hydrogen-bond acceptors (Lipinski definition) is 4. The Morgan fingerprint density at radius 2 is 1.86 bits per heavy atom. The molecular weight excluding hydrogens is 366 g/mol. The number of nitrogens with zero attached hydrogens (tertiary/aromatic N) is 3. The molecule has 0 aliphatic rings. The molecule has 7 nitrogen and oxygen atoms in total. The summed E-state index contributed by atoms with van der Waals surface area (Å²) in [5, 5.41) is 5.76. The van der Waals surface area contributed by atoms with Crippen molar-refractivity contribution in [3.8, 4) is 5.82 Å². The molecule has 0 fully saturated rings. The van der Waals surface area contributed by atoms with Gasteiger partial charge in [-0.05, 0) is 42.7 Å². The van der Waals surface area contributed by atoms with Crippen LogP contribution in [0.1, 0.15) is 35.3 Å². The van der Waals surface area contributed by atoms with E-state index in [9.17, 15) is 9.59 Å². The Morgan fingerprint density at radius 1 is 1.10 bits per heavy atom. The summed E-state index contributed by atoms with van der Waals surface area (Å²) in [7, 11) is 0. The Morgan fingerprint density at radius 3 is 2.52 bits per heavy atom. The monoisotopic (exact) mass is 391 g/mol. The van der Waals surface area contributed by atoms with E-state index in [4.69, 9.17) is 0 Å². The van der Waals surface area contributed by atoms with E-state index in [1.165, 1.54) is 0 Å². The van der Waals surface area contributed by atoms with Crippen LogP contribution in [0, 0.1) is 12.8 Å². The minimum absolute atomic E-state index is 0.0525. The zero-order valence-corrected chi connectivity index (χ0v) is 16.8. The third-order valence-corrected chi connectivity index (χ3v) is 4.60. The minimum atomic E-state index is -0.626. The van der Waals surface area contributed by atoms with Crippen LogP contribution in [-0.2, 0) is 11.3 Å². The Kier molecular flexibility index (Phi) is 6.39. The van der Waals surface area contributed by atoms with Crippen molar-refractivity contribution in [1.29, 1.82) is 0 Å². The van der Waals surface area contributed by atoms with Crippen molar-refractivity contribution in [3.63, 3.8) is 0 Å². The molecule has 0 spiro atoms. The van der Waals surface area contributed by atoms with Crippen molar-refractivity contribution in [3.05, 3.63) is 78.0 Å². The number of carbonyl (C=O) groups is 2. The number of nitrogens with one attached hydrogen (secondary N) is 2. The second-order valence-electron chi connectivity index (χ2n) is 7.27. The maximum atomic E-state index is 12.7. The molecule has 150 valence electrons. The minimum Gasteiger partial charge on any atom is -0.350 e. The lowest BCUT2D eigenvalue weighted by Gasteiger charge is -2.22. The summed E-state index contributed by atoms with van der Waals surface area (Å²) in [5.41, 5.74) is 2.52. The summed E-state index contributed by atoms with van der Waals surface area (Å²) in [5.74, 6) is 0.192. The fourth-order valence-electron chi connectivity index (χ4n) is 2.87. The van der Waals surface area contributed by atoms with E-state index in [2.05, 4.69) is 20.6 Å². The van der Waals surface area contributed by atoms with Crippen molar-refractivity contribution in [1.82, 2.24) is 25.2 Å². The molecule has 0 unspecified atom stereocenters. The largest absolute Gasteiger partial charge is 0.350 e. The highest BCUT2D eigenvalue weighted by atomic mass is 16.2. The maximum Gasteiger partial charge on any atom is 0.251 e. The molecule has 2 aromatic heterocycles. The number of carbonyl (C=O) groups excluding carboxylic acids is 2. The smallest absolute Gasteiger partial charge is 0.251 e. The third-order valence-electron chi connectivity index (χ3n) is 4.60. The number of pyridine rings is 1. The SMILES string of the molecule is Cc1ccc(C(=O)N[C@@H](C(=O)NCc2ccnc(-n3ccnc3)c2)C(C)C)cc1. The highest BCUT2D eigenvalue weighted by Crippen LogP contribution is 2.09. The number of rotatable bonds is 7. The number of aromatic nitrogens is 3. The van der Waals surface area contributed by atoms with Gasteiger partial charge in [-0.1, -0.05) is 31.5 Å². The van der Waals surface area contributed by atoms with Crippen LogP contribution in [0.2, 0.25) is 0 Å². The Hall–Kier alpha value is -3.48. The molecule has 1 atom stereocenters. The summed E-state index contributed by atoms with van der Waals surface area (Å²) in [6.45, 7) is 6.11. The molecule has 0 aliphatic carbocycles. The third kappa shape index (κ3) is 5.28. The van der Waals surface area contributed by atoms with Crippen molar-refractivity contribution in [2.24, 2.45) is 5.92 Å². The van der Waals surface area contributed by atoms with E-state index >= 15 is 0 Å². The predicted molar refractivity (Wildman–Crippen MR) is 110 cm³/mol. The Labute approximate surface area is 170 Å². The van der Waals surface area contributed by atoms with Gasteiger partial charge >= 0.3 is 0 Å². The van der Waals surface area contributed by atoms with E-state index < -0.39 is 6.04 Å². The summed E-state index contributed by atoms with van der Waals surface area (Å²) >= 11 is 0. The van der Waals surface area contributed by atoms with Crippen molar-refractivity contribution in [2.45, 2.75) is 33.4 Å². The number of amides is 2. The molecule has 0 bridgehead atoms. The second kappa shape index (κ2) is 9.14. The Balaban J connectivity index is 1.63. The molecule has 1 aromatic carbocycles. The van der Waals surface area contributed by atoms with Crippen LogP contribution in [0.5, 0.6) is 0 Å². The molecule has 0 aliphatic heterocycles. The van der Waals surface area contributed by atoms with Gasteiger partial charge in [0.05, 0.1) is 0 Å². The maximum absolute atomic E-state index is 12.7. The fraction of sp³-hybridized carbons (Fsp3) is 0.273. The quantitative estimate of drug-likeness (QED) is 0.648. The highest BCUT2D eigenvalue weighted by Gasteiger charge is 2.24. The first kappa shape index (κ1) is 20.3. The van der Waals surface area contributed by atoms with E-state index in [0.29, 0.717) is 12.1 Å². The van der Waals surface area contributed by atoms with Gasteiger partial charge in [-0.15, -0.1) is 0 Å². The number of imidazole rings is 1. The van der Waals surface area contributed by atoms with Crippen LogP contribution in [0.3, 0.4) is 0 Å². The first-order valence-electron chi connectivity index (χ1n) is 9.52. The van der Waals surface area contributed by atoms with Gasteiger partial charge in [0.25, 0.3) is 5.91 Å². The zero-order valence-electron chi connectivity index (χ0n) is 16.8. The first-order valence-corrected chi connectivity index (χ1v) is 9.52. The molecule has 2 N–H and O–H groups in total. The van der Waals surface area contributed by atoms with Crippen LogP contribution in [0.15, 0.2) is 61.3 Å². The van der Waals surface area contributed by atoms with Crippen LogP contribution in [0.25, 0.3) is 5.82 Å². The predicted octanol–water partition coefficient (Wildman–Crippen LogP) is 2.65.